The fourth-order valence-corrected chi connectivity index (χ4v) is 1.46. The van der Waals surface area contributed by atoms with E-state index >= 15 is 0 Å². The summed E-state index contributed by atoms with van der Waals surface area (Å²) >= 11 is 0. The van der Waals surface area contributed by atoms with Crippen molar-refractivity contribution in [3.8, 4) is 0 Å². The summed E-state index contributed by atoms with van der Waals surface area (Å²) in [6, 6.07) is 1.96. The minimum Gasteiger partial charge on any atom is -0.368 e. The third-order valence-corrected chi connectivity index (χ3v) is 2.40. The third-order valence-electron chi connectivity index (χ3n) is 2.40. The third kappa shape index (κ3) is 4.89. The summed E-state index contributed by atoms with van der Waals surface area (Å²) < 4.78 is 49.2. The maximum Gasteiger partial charge on any atom is 0.405 e. The number of benzene rings is 1. The molecule has 1 atom stereocenters. The average Bonchev–Trinajstić information content (AvgIpc) is 2.34. The molecule has 6 nitrogen and oxygen atoms in total. The van der Waals surface area contributed by atoms with Crippen molar-refractivity contribution in [2.75, 3.05) is 11.9 Å². The fraction of sp³-hybridized carbons (Fsp3) is 0.364. The Labute approximate surface area is 116 Å². The van der Waals surface area contributed by atoms with E-state index in [9.17, 15) is 32.5 Å². The fourth-order valence-electron chi connectivity index (χ4n) is 1.46. The number of halogens is 4. The van der Waals surface area contributed by atoms with Crippen LogP contribution in [0.5, 0.6) is 0 Å². The Morgan fingerprint density at radius 3 is 2.57 bits per heavy atom. The van der Waals surface area contributed by atoms with Crippen LogP contribution in [0.3, 0.4) is 0 Å². The summed E-state index contributed by atoms with van der Waals surface area (Å²) in [4.78, 5) is 21.2. The number of nitro benzene ring substituents is 1. The van der Waals surface area contributed by atoms with E-state index in [0.717, 1.165) is 12.1 Å². The molecule has 0 radical (unpaired) electrons. The van der Waals surface area contributed by atoms with E-state index in [2.05, 4.69) is 5.32 Å². The van der Waals surface area contributed by atoms with Crippen LogP contribution < -0.4 is 10.6 Å². The molecule has 0 bridgehead atoms. The first-order valence-electron chi connectivity index (χ1n) is 5.65. The molecule has 0 fully saturated rings. The van der Waals surface area contributed by atoms with Crippen LogP contribution in [0.2, 0.25) is 0 Å². The summed E-state index contributed by atoms with van der Waals surface area (Å²) in [6.07, 6.45) is -4.57. The highest BCUT2D eigenvalue weighted by atomic mass is 19.4. The van der Waals surface area contributed by atoms with Crippen LogP contribution in [0.4, 0.5) is 28.9 Å². The lowest BCUT2D eigenvalue weighted by molar-refractivity contribution is -0.386. The molecular formula is C11H11F4N3O3. The van der Waals surface area contributed by atoms with E-state index < -0.39 is 41.1 Å². The number of amides is 1. The maximum absolute atomic E-state index is 13.3. The molecule has 0 unspecified atom stereocenters. The SMILES string of the molecule is C[C@@H](Nc1cccc(F)c1[N+](=O)[O-])C(=O)NCC(F)(F)F. The van der Waals surface area contributed by atoms with Crippen molar-refractivity contribution < 1.29 is 27.3 Å². The van der Waals surface area contributed by atoms with E-state index in [1.807, 2.05) is 0 Å². The zero-order valence-electron chi connectivity index (χ0n) is 10.7. The molecule has 0 aliphatic carbocycles. The van der Waals surface area contributed by atoms with Crippen molar-refractivity contribution in [3.63, 3.8) is 0 Å². The van der Waals surface area contributed by atoms with Gasteiger partial charge in [-0.05, 0) is 19.1 Å². The molecule has 1 amide bonds. The Bertz CT molecular complexity index is 548. The first-order chi connectivity index (χ1) is 9.61. The van der Waals surface area contributed by atoms with Crippen LogP contribution in [0.25, 0.3) is 0 Å². The second-order valence-electron chi connectivity index (χ2n) is 4.09. The van der Waals surface area contributed by atoms with Gasteiger partial charge in [-0.2, -0.15) is 17.6 Å². The predicted molar refractivity (Wildman–Crippen MR) is 65.2 cm³/mol. The van der Waals surface area contributed by atoms with E-state index in [-0.39, 0.29) is 5.69 Å². The van der Waals surface area contributed by atoms with E-state index in [4.69, 9.17) is 0 Å². The van der Waals surface area contributed by atoms with E-state index in [1.54, 1.807) is 5.32 Å². The van der Waals surface area contributed by atoms with Crippen molar-refractivity contribution in [1.29, 1.82) is 0 Å². The van der Waals surface area contributed by atoms with Gasteiger partial charge in [0.1, 0.15) is 18.3 Å². The van der Waals surface area contributed by atoms with Crippen LogP contribution in [0.1, 0.15) is 6.92 Å². The van der Waals surface area contributed by atoms with E-state index in [0.29, 0.717) is 0 Å². The Morgan fingerprint density at radius 2 is 2.05 bits per heavy atom. The van der Waals surface area contributed by atoms with Gasteiger partial charge in [0.25, 0.3) is 0 Å². The van der Waals surface area contributed by atoms with E-state index in [1.165, 1.54) is 13.0 Å². The van der Waals surface area contributed by atoms with Crippen molar-refractivity contribution in [2.24, 2.45) is 0 Å². The van der Waals surface area contributed by atoms with Gasteiger partial charge in [-0.15, -0.1) is 0 Å². The molecular weight excluding hydrogens is 298 g/mol. The predicted octanol–water partition coefficient (Wildman–Crippen LogP) is 2.21. The zero-order chi connectivity index (χ0) is 16.2. The quantitative estimate of drug-likeness (QED) is 0.496. The molecule has 0 aliphatic heterocycles. The number of hydrogen-bond acceptors (Lipinski definition) is 4. The molecule has 0 heterocycles. The molecule has 1 rings (SSSR count). The monoisotopic (exact) mass is 309 g/mol. The number of rotatable bonds is 5. The highest BCUT2D eigenvalue weighted by Gasteiger charge is 2.29. The van der Waals surface area contributed by atoms with Crippen molar-refractivity contribution >= 4 is 17.3 Å². The molecule has 0 saturated heterocycles. The lowest BCUT2D eigenvalue weighted by atomic mass is 10.2. The molecule has 0 aliphatic rings. The van der Waals surface area contributed by atoms with Crippen LogP contribution in [0, 0.1) is 15.9 Å². The minimum atomic E-state index is -4.57. The topological polar surface area (TPSA) is 84.3 Å². The number of alkyl halides is 3. The van der Waals surface area contributed by atoms with Gasteiger partial charge in [-0.3, -0.25) is 14.9 Å². The van der Waals surface area contributed by atoms with Gasteiger partial charge in [0, 0.05) is 0 Å². The molecule has 1 aromatic carbocycles. The zero-order valence-corrected chi connectivity index (χ0v) is 10.7. The molecule has 21 heavy (non-hydrogen) atoms. The highest BCUT2D eigenvalue weighted by molar-refractivity contribution is 5.85. The molecule has 116 valence electrons. The van der Waals surface area contributed by atoms with Gasteiger partial charge >= 0.3 is 11.9 Å². The Balaban J connectivity index is 2.80. The van der Waals surface area contributed by atoms with Crippen LogP contribution in [0.15, 0.2) is 18.2 Å². The minimum absolute atomic E-state index is 0.297. The van der Waals surface area contributed by atoms with Crippen molar-refractivity contribution in [3.05, 3.63) is 34.1 Å². The Hall–Kier alpha value is -2.39. The Morgan fingerprint density at radius 1 is 1.43 bits per heavy atom. The van der Waals surface area contributed by atoms with Crippen LogP contribution >= 0.6 is 0 Å². The normalized spacial score (nSPS) is 12.6. The summed E-state index contributed by atoms with van der Waals surface area (Å²) in [5.41, 5.74) is -1.18. The number of carbonyl (C=O) groups is 1. The molecule has 0 spiro atoms. The molecule has 10 heteroatoms. The molecule has 0 aromatic heterocycles. The van der Waals surface area contributed by atoms with Gasteiger partial charge in [-0.25, -0.2) is 0 Å². The standard InChI is InChI=1S/C11H11F4N3O3/c1-6(10(19)16-5-11(13,14)15)17-8-4-2-3-7(12)9(8)18(20)21/h2-4,6,17H,5H2,1H3,(H,16,19)/t6-/m1/s1. The average molecular weight is 309 g/mol. The number of para-hydroxylation sites is 1. The number of anilines is 1. The second kappa shape index (κ2) is 6.37. The van der Waals surface area contributed by atoms with Gasteiger partial charge in [-0.1, -0.05) is 6.07 Å². The van der Waals surface area contributed by atoms with Gasteiger partial charge in [0.2, 0.25) is 11.7 Å². The first-order valence-corrected chi connectivity index (χ1v) is 5.65. The summed E-state index contributed by atoms with van der Waals surface area (Å²) in [7, 11) is 0. The smallest absolute Gasteiger partial charge is 0.368 e. The Kier molecular flexibility index (Phi) is 5.06. The lowest BCUT2D eigenvalue weighted by Crippen LogP contribution is -2.42. The first kappa shape index (κ1) is 16.7. The second-order valence-corrected chi connectivity index (χ2v) is 4.09. The summed E-state index contributed by atoms with van der Waals surface area (Å²) in [6.45, 7) is -0.330. The number of carbonyl (C=O) groups excluding carboxylic acids is 1. The highest BCUT2D eigenvalue weighted by Crippen LogP contribution is 2.27. The van der Waals surface area contributed by atoms with Crippen LogP contribution in [-0.2, 0) is 4.79 Å². The number of nitro groups is 1. The number of nitrogens with zero attached hydrogens (tertiary/aromatic N) is 1. The number of hydrogen-bond donors (Lipinski definition) is 2. The van der Waals surface area contributed by atoms with Gasteiger partial charge in [0.15, 0.2) is 0 Å². The van der Waals surface area contributed by atoms with Crippen molar-refractivity contribution in [2.45, 2.75) is 19.1 Å². The van der Waals surface area contributed by atoms with Crippen LogP contribution in [-0.4, -0.2) is 29.6 Å². The lowest BCUT2D eigenvalue weighted by Gasteiger charge is -2.16. The molecule has 0 saturated carbocycles. The molecule has 2 N–H and O–H groups in total. The summed E-state index contributed by atoms with van der Waals surface area (Å²) in [5, 5.41) is 14.7. The van der Waals surface area contributed by atoms with Gasteiger partial charge < -0.3 is 10.6 Å². The maximum atomic E-state index is 13.3. The number of nitrogens with one attached hydrogen (secondary N) is 2. The summed E-state index contributed by atoms with van der Waals surface area (Å²) in [5.74, 6) is -2.14. The van der Waals surface area contributed by atoms with Crippen molar-refractivity contribution in [1.82, 2.24) is 5.32 Å². The largest absolute Gasteiger partial charge is 0.405 e. The molecule has 1 aromatic rings. The van der Waals surface area contributed by atoms with Gasteiger partial charge in [0.05, 0.1) is 4.92 Å².